The molecule has 1 aliphatic heterocycles. The molecule has 1 fully saturated rings. The second-order valence-electron chi connectivity index (χ2n) is 8.23. The SMILES string of the molecule is Cn1cnc2cc(-c3ccc(C(C)(C)O)cc3)nc(N[C@H]3CCC(=O)NC3)c2c1=O. The molecule has 1 atom stereocenters. The second-order valence-corrected chi connectivity index (χ2v) is 8.23. The molecular weight excluding hydrogens is 382 g/mol. The summed E-state index contributed by atoms with van der Waals surface area (Å²) in [4.78, 5) is 33.4. The molecule has 0 saturated carbocycles. The minimum atomic E-state index is -0.929. The van der Waals surface area contributed by atoms with Crippen LogP contribution < -0.4 is 16.2 Å². The minimum Gasteiger partial charge on any atom is -0.386 e. The fourth-order valence-electron chi connectivity index (χ4n) is 3.57. The summed E-state index contributed by atoms with van der Waals surface area (Å²) in [6.45, 7) is 3.95. The average molecular weight is 407 g/mol. The highest BCUT2D eigenvalue weighted by molar-refractivity contribution is 5.91. The molecule has 30 heavy (non-hydrogen) atoms. The second kappa shape index (κ2) is 7.53. The van der Waals surface area contributed by atoms with Gasteiger partial charge in [-0.3, -0.25) is 9.59 Å². The van der Waals surface area contributed by atoms with E-state index in [1.165, 1.54) is 10.9 Å². The Hall–Kier alpha value is -3.26. The van der Waals surface area contributed by atoms with Gasteiger partial charge >= 0.3 is 0 Å². The first-order valence-corrected chi connectivity index (χ1v) is 9.95. The highest BCUT2D eigenvalue weighted by atomic mass is 16.3. The Morgan fingerprint density at radius 3 is 2.60 bits per heavy atom. The Labute approximate surface area is 174 Å². The highest BCUT2D eigenvalue weighted by Gasteiger charge is 2.21. The van der Waals surface area contributed by atoms with E-state index in [0.717, 1.165) is 11.1 Å². The third-order valence-corrected chi connectivity index (χ3v) is 5.40. The molecule has 8 heteroatoms. The molecule has 3 heterocycles. The van der Waals surface area contributed by atoms with Crippen molar-refractivity contribution >= 4 is 22.6 Å². The average Bonchev–Trinajstić information content (AvgIpc) is 2.71. The minimum absolute atomic E-state index is 0.0175. The summed E-state index contributed by atoms with van der Waals surface area (Å²) in [5.41, 5.74) is 1.77. The number of carbonyl (C=O) groups excluding carboxylic acids is 1. The molecule has 156 valence electrons. The first-order chi connectivity index (χ1) is 14.2. The largest absolute Gasteiger partial charge is 0.386 e. The van der Waals surface area contributed by atoms with Gasteiger partial charge in [-0.15, -0.1) is 0 Å². The third-order valence-electron chi connectivity index (χ3n) is 5.40. The smallest absolute Gasteiger partial charge is 0.264 e. The number of carbonyl (C=O) groups is 1. The zero-order valence-electron chi connectivity index (χ0n) is 17.3. The van der Waals surface area contributed by atoms with Crippen LogP contribution >= 0.6 is 0 Å². The predicted octanol–water partition coefficient (Wildman–Crippen LogP) is 1.91. The lowest BCUT2D eigenvalue weighted by Gasteiger charge is -2.24. The number of nitrogens with one attached hydrogen (secondary N) is 2. The number of nitrogens with zero attached hydrogens (tertiary/aromatic N) is 3. The molecule has 8 nitrogen and oxygen atoms in total. The quantitative estimate of drug-likeness (QED) is 0.610. The van der Waals surface area contributed by atoms with Gasteiger partial charge in [-0.05, 0) is 31.9 Å². The number of aryl methyl sites for hydroxylation is 1. The van der Waals surface area contributed by atoms with Gasteiger partial charge in [0.1, 0.15) is 11.2 Å². The molecular formula is C22H25N5O3. The van der Waals surface area contributed by atoms with Gasteiger partial charge < -0.3 is 20.3 Å². The zero-order valence-corrected chi connectivity index (χ0v) is 17.3. The normalized spacial score (nSPS) is 17.1. The van der Waals surface area contributed by atoms with E-state index in [1.54, 1.807) is 27.0 Å². The number of aliphatic hydroxyl groups is 1. The summed E-state index contributed by atoms with van der Waals surface area (Å²) in [6, 6.07) is 9.30. The van der Waals surface area contributed by atoms with Gasteiger partial charge in [0.05, 0.1) is 23.1 Å². The van der Waals surface area contributed by atoms with Crippen LogP contribution in [0.15, 0.2) is 41.5 Å². The number of pyridine rings is 1. The van der Waals surface area contributed by atoms with Crippen molar-refractivity contribution in [2.75, 3.05) is 11.9 Å². The number of benzene rings is 1. The maximum Gasteiger partial charge on any atom is 0.264 e. The zero-order chi connectivity index (χ0) is 21.5. The molecule has 0 aliphatic carbocycles. The first-order valence-electron chi connectivity index (χ1n) is 9.95. The molecule has 2 aromatic heterocycles. The van der Waals surface area contributed by atoms with Crippen LogP contribution in [0.2, 0.25) is 0 Å². The maximum absolute atomic E-state index is 12.8. The summed E-state index contributed by atoms with van der Waals surface area (Å²) in [5.74, 6) is 0.494. The topological polar surface area (TPSA) is 109 Å². The lowest BCUT2D eigenvalue weighted by molar-refractivity contribution is -0.122. The Morgan fingerprint density at radius 1 is 1.23 bits per heavy atom. The fourth-order valence-corrected chi connectivity index (χ4v) is 3.57. The fraction of sp³-hybridized carbons (Fsp3) is 0.364. The molecule has 0 radical (unpaired) electrons. The van der Waals surface area contributed by atoms with E-state index in [9.17, 15) is 14.7 Å². The number of rotatable bonds is 4. The van der Waals surface area contributed by atoms with Crippen molar-refractivity contribution in [2.45, 2.75) is 38.3 Å². The van der Waals surface area contributed by atoms with Crippen LogP contribution in [-0.4, -0.2) is 38.1 Å². The molecule has 0 spiro atoms. The third kappa shape index (κ3) is 3.91. The summed E-state index contributed by atoms with van der Waals surface area (Å²) in [7, 11) is 1.66. The number of aromatic nitrogens is 3. The predicted molar refractivity (Wildman–Crippen MR) is 115 cm³/mol. The molecule has 1 amide bonds. The number of piperidine rings is 1. The lowest BCUT2D eigenvalue weighted by Crippen LogP contribution is -2.42. The van der Waals surface area contributed by atoms with Crippen molar-refractivity contribution in [3.8, 4) is 11.3 Å². The maximum atomic E-state index is 12.8. The molecule has 0 unspecified atom stereocenters. The van der Waals surface area contributed by atoms with Crippen LogP contribution in [0.5, 0.6) is 0 Å². The van der Waals surface area contributed by atoms with E-state index in [1.807, 2.05) is 24.3 Å². The van der Waals surface area contributed by atoms with Gasteiger partial charge in [-0.2, -0.15) is 0 Å². The van der Waals surface area contributed by atoms with Gasteiger partial charge in [-0.25, -0.2) is 9.97 Å². The van der Waals surface area contributed by atoms with E-state index < -0.39 is 5.60 Å². The Kier molecular flexibility index (Phi) is 5.03. The van der Waals surface area contributed by atoms with E-state index >= 15 is 0 Å². The number of fused-ring (bicyclic) bond motifs is 1. The van der Waals surface area contributed by atoms with Gasteiger partial charge in [-0.1, -0.05) is 24.3 Å². The van der Waals surface area contributed by atoms with Crippen LogP contribution in [0.25, 0.3) is 22.2 Å². The van der Waals surface area contributed by atoms with Crippen LogP contribution in [0.1, 0.15) is 32.3 Å². The molecule has 3 aromatic rings. The van der Waals surface area contributed by atoms with E-state index in [2.05, 4.69) is 15.6 Å². The molecule has 1 aliphatic rings. The first kappa shape index (κ1) is 20.0. The number of hydrogen-bond donors (Lipinski definition) is 3. The van der Waals surface area contributed by atoms with Crippen molar-refractivity contribution < 1.29 is 9.90 Å². The van der Waals surface area contributed by atoms with Gasteiger partial charge in [0.25, 0.3) is 5.56 Å². The molecule has 3 N–H and O–H groups in total. The lowest BCUT2D eigenvalue weighted by atomic mass is 9.96. The van der Waals surface area contributed by atoms with Crippen LogP contribution in [0.4, 0.5) is 5.82 Å². The summed E-state index contributed by atoms with van der Waals surface area (Å²) in [5, 5.41) is 16.8. The molecule has 4 rings (SSSR count). The van der Waals surface area contributed by atoms with Crippen molar-refractivity contribution in [3.63, 3.8) is 0 Å². The summed E-state index contributed by atoms with van der Waals surface area (Å²) >= 11 is 0. The molecule has 1 aromatic carbocycles. The Morgan fingerprint density at radius 2 is 1.97 bits per heavy atom. The number of anilines is 1. The summed E-state index contributed by atoms with van der Waals surface area (Å²) < 4.78 is 1.43. The monoisotopic (exact) mass is 407 g/mol. The number of hydrogen-bond acceptors (Lipinski definition) is 6. The Bertz CT molecular complexity index is 1150. The van der Waals surface area contributed by atoms with Crippen LogP contribution in [0, 0.1) is 0 Å². The van der Waals surface area contributed by atoms with Crippen molar-refractivity contribution in [1.29, 1.82) is 0 Å². The van der Waals surface area contributed by atoms with Crippen LogP contribution in [-0.2, 0) is 17.4 Å². The van der Waals surface area contributed by atoms with Crippen LogP contribution in [0.3, 0.4) is 0 Å². The van der Waals surface area contributed by atoms with Gasteiger partial charge in [0.15, 0.2) is 0 Å². The Balaban J connectivity index is 1.79. The van der Waals surface area contributed by atoms with Crippen molar-refractivity contribution in [2.24, 2.45) is 7.05 Å². The summed E-state index contributed by atoms with van der Waals surface area (Å²) in [6.07, 6.45) is 2.60. The van der Waals surface area contributed by atoms with E-state index in [0.29, 0.717) is 41.8 Å². The molecule has 1 saturated heterocycles. The number of amides is 1. The highest BCUT2D eigenvalue weighted by Crippen LogP contribution is 2.28. The van der Waals surface area contributed by atoms with Crippen molar-refractivity contribution in [3.05, 3.63) is 52.6 Å². The van der Waals surface area contributed by atoms with Gasteiger partial charge in [0.2, 0.25) is 5.91 Å². The van der Waals surface area contributed by atoms with E-state index in [-0.39, 0.29) is 17.5 Å². The van der Waals surface area contributed by atoms with Gasteiger partial charge in [0, 0.05) is 31.6 Å². The standard InChI is InChI=1S/C22H25N5O3/c1-22(2,30)14-6-4-13(5-7-14)16-10-17-19(21(29)27(3)12-24-17)20(26-16)25-15-8-9-18(28)23-11-15/h4-7,10,12,15,30H,8-9,11H2,1-3H3,(H,23,28)(H,25,26)/t15-/m0/s1. The molecule has 0 bridgehead atoms. The van der Waals surface area contributed by atoms with E-state index in [4.69, 9.17) is 4.98 Å². The van der Waals surface area contributed by atoms with Crippen molar-refractivity contribution in [1.82, 2.24) is 19.9 Å².